The number of hydrogen-bond donors (Lipinski definition) is 3. The molecule has 9 heteroatoms. The Kier molecular flexibility index (Phi) is 4.21. The van der Waals surface area contributed by atoms with Gasteiger partial charge >= 0.3 is 0 Å². The first-order chi connectivity index (χ1) is 13.0. The Morgan fingerprint density at radius 1 is 1.15 bits per heavy atom. The van der Waals surface area contributed by atoms with E-state index in [4.69, 9.17) is 0 Å². The zero-order chi connectivity index (χ0) is 19.0. The predicted octanol–water partition coefficient (Wildman–Crippen LogP) is 3.58. The van der Waals surface area contributed by atoms with Crippen molar-refractivity contribution in [3.63, 3.8) is 0 Å². The molecule has 0 aliphatic carbocycles. The summed E-state index contributed by atoms with van der Waals surface area (Å²) in [6.45, 7) is 0. The third-order valence-corrected chi connectivity index (χ3v) is 5.04. The number of aromatic nitrogens is 1. The lowest BCUT2D eigenvalue weighted by Gasteiger charge is -2.21. The second kappa shape index (κ2) is 6.69. The summed E-state index contributed by atoms with van der Waals surface area (Å²) in [5.74, 6) is -0.619. The average Bonchev–Trinajstić information content (AvgIpc) is 3.07. The molecule has 0 radical (unpaired) electrons. The number of benzene rings is 2. The van der Waals surface area contributed by atoms with Crippen molar-refractivity contribution in [3.8, 4) is 11.5 Å². The summed E-state index contributed by atoms with van der Waals surface area (Å²) in [4.78, 5) is 16.0. The third kappa shape index (κ3) is 3.20. The van der Waals surface area contributed by atoms with E-state index in [1.165, 1.54) is 30.0 Å². The first-order valence-corrected chi connectivity index (χ1v) is 8.90. The van der Waals surface area contributed by atoms with Crippen LogP contribution in [0, 0.1) is 10.1 Å². The number of nitrogens with one attached hydrogen (secondary N) is 1. The normalized spacial score (nSPS) is 16.4. The minimum atomic E-state index is -0.686. The molecule has 1 aromatic heterocycles. The number of phenols is 2. The Hall–Kier alpha value is -3.46. The third-order valence-electron chi connectivity index (χ3n) is 4.11. The molecule has 8 nitrogen and oxygen atoms in total. The van der Waals surface area contributed by atoms with Crippen molar-refractivity contribution in [2.45, 2.75) is 5.50 Å². The molecule has 0 amide bonds. The van der Waals surface area contributed by atoms with Crippen LogP contribution in [0.15, 0.2) is 60.1 Å². The Morgan fingerprint density at radius 2 is 1.96 bits per heavy atom. The van der Waals surface area contributed by atoms with Crippen molar-refractivity contribution in [3.05, 3.63) is 75.8 Å². The first kappa shape index (κ1) is 17.0. The highest BCUT2D eigenvalue weighted by Gasteiger charge is 2.37. The molecule has 0 spiro atoms. The van der Waals surface area contributed by atoms with E-state index in [2.05, 4.69) is 10.3 Å². The predicted molar refractivity (Wildman–Crippen MR) is 103 cm³/mol. The molecule has 1 aliphatic heterocycles. The maximum absolute atomic E-state index is 11.7. The van der Waals surface area contributed by atoms with Crippen LogP contribution in [0.2, 0.25) is 0 Å². The quantitative estimate of drug-likeness (QED) is 0.357. The zero-order valence-corrected chi connectivity index (χ0v) is 14.6. The van der Waals surface area contributed by atoms with Gasteiger partial charge in [0.25, 0.3) is 0 Å². The lowest BCUT2D eigenvalue weighted by Crippen LogP contribution is -2.38. The van der Waals surface area contributed by atoms with Gasteiger partial charge in [-0.05, 0) is 30.3 Å². The van der Waals surface area contributed by atoms with Crippen molar-refractivity contribution in [2.24, 2.45) is 0 Å². The molecule has 1 atom stereocenters. The van der Waals surface area contributed by atoms with Crippen molar-refractivity contribution in [1.29, 1.82) is 0 Å². The fourth-order valence-electron chi connectivity index (χ4n) is 2.81. The van der Waals surface area contributed by atoms with E-state index in [0.29, 0.717) is 16.9 Å². The van der Waals surface area contributed by atoms with Crippen molar-refractivity contribution >= 4 is 34.0 Å². The number of nitro groups is 1. The highest BCUT2D eigenvalue weighted by atomic mass is 32.2. The van der Waals surface area contributed by atoms with E-state index in [1.807, 2.05) is 30.3 Å². The number of hydrazine groups is 1. The molecule has 2 aromatic carbocycles. The second-order valence-electron chi connectivity index (χ2n) is 5.84. The van der Waals surface area contributed by atoms with Gasteiger partial charge in [-0.15, -0.1) is 0 Å². The van der Waals surface area contributed by atoms with Gasteiger partial charge in [0.1, 0.15) is 5.70 Å². The van der Waals surface area contributed by atoms with Crippen molar-refractivity contribution in [2.75, 3.05) is 5.32 Å². The molecule has 2 heterocycles. The molecule has 27 heavy (non-hydrogen) atoms. The van der Waals surface area contributed by atoms with Crippen LogP contribution in [0.25, 0.3) is 16.6 Å². The number of para-hydroxylation sites is 1. The summed E-state index contributed by atoms with van der Waals surface area (Å²) >= 11 is 1.23. The van der Waals surface area contributed by atoms with E-state index < -0.39 is 10.5 Å². The minimum absolute atomic E-state index is 0.283. The molecule has 0 saturated carbocycles. The number of aromatic hydroxyl groups is 2. The Bertz CT molecular complexity index is 1070. The standard InChI is InChI=1S/C18H14N4O4S/c23-16-6-5-12(8-17(16)24)15-10-27-18(21(15)22(25)26)20-13-7-11-3-1-2-4-14(11)19-9-13/h1-10,18,20,23-24H. The largest absolute Gasteiger partial charge is 0.504 e. The molecule has 3 N–H and O–H groups in total. The molecule has 0 saturated heterocycles. The number of anilines is 1. The summed E-state index contributed by atoms with van der Waals surface area (Å²) in [6, 6.07) is 13.6. The van der Waals surface area contributed by atoms with Gasteiger partial charge in [-0.1, -0.05) is 35.0 Å². The van der Waals surface area contributed by atoms with E-state index >= 15 is 0 Å². The highest BCUT2D eigenvalue weighted by Crippen LogP contribution is 2.39. The van der Waals surface area contributed by atoms with Crippen LogP contribution >= 0.6 is 11.8 Å². The number of pyridine rings is 1. The van der Waals surface area contributed by atoms with Gasteiger partial charge in [0.15, 0.2) is 16.5 Å². The minimum Gasteiger partial charge on any atom is -0.504 e. The zero-order valence-electron chi connectivity index (χ0n) is 13.8. The Labute approximate surface area is 157 Å². The number of fused-ring (bicyclic) bond motifs is 1. The van der Waals surface area contributed by atoms with E-state index in [9.17, 15) is 20.3 Å². The fraction of sp³-hybridized carbons (Fsp3) is 0.0556. The topological polar surface area (TPSA) is 112 Å². The van der Waals surface area contributed by atoms with Gasteiger partial charge in [-0.3, -0.25) is 4.98 Å². The van der Waals surface area contributed by atoms with Gasteiger partial charge in [-0.2, -0.15) is 0 Å². The van der Waals surface area contributed by atoms with Gasteiger partial charge in [0.2, 0.25) is 5.50 Å². The molecule has 4 rings (SSSR count). The van der Waals surface area contributed by atoms with E-state index in [1.54, 1.807) is 11.6 Å². The average molecular weight is 382 g/mol. The van der Waals surface area contributed by atoms with E-state index in [0.717, 1.165) is 15.9 Å². The molecule has 0 bridgehead atoms. The molecular formula is C18H14N4O4S. The van der Waals surface area contributed by atoms with Crippen LogP contribution in [-0.2, 0) is 0 Å². The van der Waals surface area contributed by atoms with Gasteiger partial charge in [-0.25, -0.2) is 10.1 Å². The number of thioether (sulfide) groups is 1. The second-order valence-corrected chi connectivity index (χ2v) is 6.79. The maximum atomic E-state index is 11.7. The van der Waals surface area contributed by atoms with Crippen molar-refractivity contribution < 1.29 is 15.2 Å². The van der Waals surface area contributed by atoms with Crippen molar-refractivity contribution in [1.82, 2.24) is 9.99 Å². The lowest BCUT2D eigenvalue weighted by molar-refractivity contribution is -0.635. The fourth-order valence-corrected chi connectivity index (χ4v) is 3.82. The maximum Gasteiger partial charge on any atom is 0.215 e. The molecule has 3 aromatic rings. The molecular weight excluding hydrogens is 368 g/mol. The summed E-state index contributed by atoms with van der Waals surface area (Å²) < 4.78 is 0. The van der Waals surface area contributed by atoms with Crippen LogP contribution < -0.4 is 5.32 Å². The van der Waals surface area contributed by atoms with Gasteiger partial charge in [0, 0.05) is 16.4 Å². The van der Waals surface area contributed by atoms with E-state index in [-0.39, 0.29) is 11.5 Å². The SMILES string of the molecule is O=[N+]([O-])N1C(c2ccc(O)c(O)c2)=CSC1Nc1cnc2ccccc2c1. The number of hydrogen-bond acceptors (Lipinski definition) is 7. The molecule has 0 fully saturated rings. The summed E-state index contributed by atoms with van der Waals surface area (Å²) in [5.41, 5.74) is 1.55. The molecule has 1 unspecified atom stereocenters. The van der Waals surface area contributed by atoms with Crippen LogP contribution in [0.1, 0.15) is 5.56 Å². The monoisotopic (exact) mass is 382 g/mol. The van der Waals surface area contributed by atoms with Crippen LogP contribution in [0.4, 0.5) is 5.69 Å². The Balaban J connectivity index is 1.61. The van der Waals surface area contributed by atoms with Gasteiger partial charge < -0.3 is 15.5 Å². The first-order valence-electron chi connectivity index (χ1n) is 7.96. The van der Waals surface area contributed by atoms with Gasteiger partial charge in [0.05, 0.1) is 17.4 Å². The highest BCUT2D eigenvalue weighted by molar-refractivity contribution is 8.03. The Morgan fingerprint density at radius 3 is 2.74 bits per heavy atom. The summed E-state index contributed by atoms with van der Waals surface area (Å²) in [7, 11) is 0. The lowest BCUT2D eigenvalue weighted by atomic mass is 10.1. The number of rotatable bonds is 4. The van der Waals surface area contributed by atoms with Crippen LogP contribution in [0.5, 0.6) is 11.5 Å². The smallest absolute Gasteiger partial charge is 0.215 e. The van der Waals surface area contributed by atoms with Crippen LogP contribution in [0.3, 0.4) is 0 Å². The van der Waals surface area contributed by atoms with Crippen LogP contribution in [-0.4, -0.2) is 30.7 Å². The number of phenolic OH excluding ortho intramolecular Hbond substituents is 2. The molecule has 1 aliphatic rings. The summed E-state index contributed by atoms with van der Waals surface area (Å²) in [5, 5.41) is 36.9. The number of nitrogens with zero attached hydrogens (tertiary/aromatic N) is 3. The molecule has 136 valence electrons. The summed E-state index contributed by atoms with van der Waals surface area (Å²) in [6.07, 6.45) is 1.63.